The third-order valence-electron chi connectivity index (χ3n) is 4.43. The van der Waals surface area contributed by atoms with E-state index in [0.717, 1.165) is 5.58 Å². The fraction of sp³-hybridized carbons (Fsp3) is 0.529. The second-order valence-electron chi connectivity index (χ2n) is 5.89. The Labute approximate surface area is 115 Å². The van der Waals surface area contributed by atoms with Crippen LogP contribution >= 0.6 is 0 Å². The highest BCUT2D eigenvalue weighted by atomic mass is 16.3. The van der Waals surface area contributed by atoms with Crippen LogP contribution in [0.25, 0.3) is 11.0 Å². The van der Waals surface area contributed by atoms with Gasteiger partial charge < -0.3 is 9.73 Å². The van der Waals surface area contributed by atoms with Gasteiger partial charge in [-0.2, -0.15) is 0 Å². The number of nitrogens with one attached hydrogen (secondary N) is 1. The van der Waals surface area contributed by atoms with E-state index in [4.69, 9.17) is 4.42 Å². The minimum absolute atomic E-state index is 0.577. The SMILES string of the molecule is CNC1CCCCC(c2cc3cc(C)ccc3o2)C1. The summed E-state index contributed by atoms with van der Waals surface area (Å²) in [6.07, 6.45) is 6.42. The van der Waals surface area contributed by atoms with E-state index in [1.165, 1.54) is 48.8 Å². The average molecular weight is 257 g/mol. The number of aryl methyl sites for hydroxylation is 1. The number of furan rings is 1. The molecule has 3 rings (SSSR count). The summed E-state index contributed by atoms with van der Waals surface area (Å²) < 4.78 is 6.08. The fourth-order valence-corrected chi connectivity index (χ4v) is 3.27. The molecule has 1 heterocycles. The van der Waals surface area contributed by atoms with Crippen molar-refractivity contribution in [3.63, 3.8) is 0 Å². The van der Waals surface area contributed by atoms with Crippen molar-refractivity contribution >= 4 is 11.0 Å². The molecule has 1 fully saturated rings. The highest BCUT2D eigenvalue weighted by Gasteiger charge is 2.23. The quantitative estimate of drug-likeness (QED) is 0.808. The third-order valence-corrected chi connectivity index (χ3v) is 4.43. The summed E-state index contributed by atoms with van der Waals surface area (Å²) in [5.41, 5.74) is 2.33. The summed E-state index contributed by atoms with van der Waals surface area (Å²) in [7, 11) is 2.08. The van der Waals surface area contributed by atoms with E-state index in [9.17, 15) is 0 Å². The van der Waals surface area contributed by atoms with Crippen LogP contribution in [-0.2, 0) is 0 Å². The van der Waals surface area contributed by atoms with E-state index in [1.54, 1.807) is 0 Å². The molecule has 0 aliphatic heterocycles. The molecule has 0 bridgehead atoms. The highest BCUT2D eigenvalue weighted by Crippen LogP contribution is 2.35. The first-order chi connectivity index (χ1) is 9.26. The van der Waals surface area contributed by atoms with Crippen molar-refractivity contribution in [2.75, 3.05) is 7.05 Å². The van der Waals surface area contributed by atoms with Gasteiger partial charge in [0.25, 0.3) is 0 Å². The monoisotopic (exact) mass is 257 g/mol. The Morgan fingerprint density at radius 3 is 2.84 bits per heavy atom. The van der Waals surface area contributed by atoms with E-state index in [0.29, 0.717) is 12.0 Å². The molecule has 1 saturated carbocycles. The van der Waals surface area contributed by atoms with E-state index in [-0.39, 0.29) is 0 Å². The molecule has 0 saturated heterocycles. The Morgan fingerprint density at radius 1 is 1.16 bits per heavy atom. The van der Waals surface area contributed by atoms with Gasteiger partial charge >= 0.3 is 0 Å². The van der Waals surface area contributed by atoms with E-state index >= 15 is 0 Å². The third kappa shape index (κ3) is 2.69. The number of fused-ring (bicyclic) bond motifs is 1. The molecule has 2 heteroatoms. The molecule has 2 atom stereocenters. The van der Waals surface area contributed by atoms with Gasteiger partial charge in [0.05, 0.1) is 0 Å². The van der Waals surface area contributed by atoms with Crippen molar-refractivity contribution in [2.45, 2.75) is 51.0 Å². The molecule has 2 unspecified atom stereocenters. The zero-order valence-electron chi connectivity index (χ0n) is 11.9. The Morgan fingerprint density at radius 2 is 2.00 bits per heavy atom. The summed E-state index contributed by atoms with van der Waals surface area (Å²) in [5.74, 6) is 1.76. The van der Waals surface area contributed by atoms with E-state index in [1.807, 2.05) is 0 Å². The summed E-state index contributed by atoms with van der Waals surface area (Å²) in [5, 5.41) is 4.70. The Kier molecular flexibility index (Phi) is 3.61. The molecule has 0 spiro atoms. The molecule has 1 aliphatic rings. The molecule has 0 radical (unpaired) electrons. The zero-order chi connectivity index (χ0) is 13.2. The van der Waals surface area contributed by atoms with Gasteiger partial charge in [-0.05, 0) is 51.4 Å². The maximum atomic E-state index is 6.08. The molecular weight excluding hydrogens is 234 g/mol. The van der Waals surface area contributed by atoms with Crippen LogP contribution in [0.15, 0.2) is 28.7 Å². The fourth-order valence-electron chi connectivity index (χ4n) is 3.27. The van der Waals surface area contributed by atoms with Crippen LogP contribution in [0.1, 0.15) is 49.3 Å². The lowest BCUT2D eigenvalue weighted by molar-refractivity contribution is 0.417. The number of hydrogen-bond donors (Lipinski definition) is 1. The maximum Gasteiger partial charge on any atom is 0.134 e. The van der Waals surface area contributed by atoms with Crippen LogP contribution in [0, 0.1) is 6.92 Å². The van der Waals surface area contributed by atoms with Crippen LogP contribution in [0.5, 0.6) is 0 Å². The van der Waals surface area contributed by atoms with Gasteiger partial charge in [0.2, 0.25) is 0 Å². The number of benzene rings is 1. The summed E-state index contributed by atoms with van der Waals surface area (Å²) in [4.78, 5) is 0. The van der Waals surface area contributed by atoms with Crippen LogP contribution in [0.3, 0.4) is 0 Å². The van der Waals surface area contributed by atoms with Gasteiger partial charge in [-0.25, -0.2) is 0 Å². The largest absolute Gasteiger partial charge is 0.461 e. The molecular formula is C17H23NO. The van der Waals surface area contributed by atoms with Crippen molar-refractivity contribution in [3.05, 3.63) is 35.6 Å². The molecule has 102 valence electrons. The van der Waals surface area contributed by atoms with E-state index in [2.05, 4.69) is 43.6 Å². The molecule has 1 aliphatic carbocycles. The van der Waals surface area contributed by atoms with Crippen molar-refractivity contribution < 1.29 is 4.42 Å². The predicted octanol–water partition coefficient (Wildman–Crippen LogP) is 4.38. The van der Waals surface area contributed by atoms with Crippen LogP contribution in [-0.4, -0.2) is 13.1 Å². The normalized spacial score (nSPS) is 24.5. The second kappa shape index (κ2) is 5.38. The van der Waals surface area contributed by atoms with Gasteiger partial charge in [0.1, 0.15) is 11.3 Å². The van der Waals surface area contributed by atoms with Gasteiger partial charge in [-0.3, -0.25) is 0 Å². The topological polar surface area (TPSA) is 25.2 Å². The minimum atomic E-state index is 0.577. The Bertz CT molecular complexity index is 557. The predicted molar refractivity (Wildman–Crippen MR) is 79.6 cm³/mol. The van der Waals surface area contributed by atoms with Crippen LogP contribution in [0.2, 0.25) is 0 Å². The molecule has 1 aromatic carbocycles. The van der Waals surface area contributed by atoms with Crippen LogP contribution in [0.4, 0.5) is 0 Å². The maximum absolute atomic E-state index is 6.08. The second-order valence-corrected chi connectivity index (χ2v) is 5.89. The lowest BCUT2D eigenvalue weighted by atomic mass is 9.95. The first-order valence-electron chi connectivity index (χ1n) is 7.43. The Hall–Kier alpha value is -1.28. The molecule has 1 aromatic heterocycles. The zero-order valence-corrected chi connectivity index (χ0v) is 11.9. The minimum Gasteiger partial charge on any atom is -0.461 e. The molecule has 0 amide bonds. The van der Waals surface area contributed by atoms with Gasteiger partial charge in [-0.1, -0.05) is 24.5 Å². The first kappa shape index (κ1) is 12.7. The van der Waals surface area contributed by atoms with E-state index < -0.39 is 0 Å². The van der Waals surface area contributed by atoms with Crippen molar-refractivity contribution in [1.29, 1.82) is 0 Å². The molecule has 19 heavy (non-hydrogen) atoms. The summed E-state index contributed by atoms with van der Waals surface area (Å²) in [6, 6.07) is 9.33. The lowest BCUT2D eigenvalue weighted by Gasteiger charge is -2.17. The molecule has 2 nitrogen and oxygen atoms in total. The van der Waals surface area contributed by atoms with Crippen molar-refractivity contribution in [2.24, 2.45) is 0 Å². The first-order valence-corrected chi connectivity index (χ1v) is 7.43. The van der Waals surface area contributed by atoms with Gasteiger partial charge in [0.15, 0.2) is 0 Å². The standard InChI is InChI=1S/C17H23NO/c1-12-7-8-16-14(9-12)11-17(19-16)13-5-3-4-6-15(10-13)18-2/h7-9,11,13,15,18H,3-6,10H2,1-2H3. The van der Waals surface area contributed by atoms with Gasteiger partial charge in [0, 0.05) is 17.3 Å². The lowest BCUT2D eigenvalue weighted by Crippen LogP contribution is -2.25. The smallest absolute Gasteiger partial charge is 0.134 e. The van der Waals surface area contributed by atoms with Crippen molar-refractivity contribution in [3.8, 4) is 0 Å². The number of rotatable bonds is 2. The Balaban J connectivity index is 1.89. The molecule has 2 aromatic rings. The molecule has 1 N–H and O–H groups in total. The average Bonchev–Trinajstić information content (AvgIpc) is 2.68. The van der Waals surface area contributed by atoms with Crippen molar-refractivity contribution in [1.82, 2.24) is 5.32 Å². The number of hydrogen-bond acceptors (Lipinski definition) is 2. The summed E-state index contributed by atoms with van der Waals surface area (Å²) >= 11 is 0. The van der Waals surface area contributed by atoms with Gasteiger partial charge in [-0.15, -0.1) is 0 Å². The summed E-state index contributed by atoms with van der Waals surface area (Å²) in [6.45, 7) is 2.13. The van der Waals surface area contributed by atoms with Crippen LogP contribution < -0.4 is 5.32 Å². The highest BCUT2D eigenvalue weighted by molar-refractivity contribution is 5.78.